The highest BCUT2D eigenvalue weighted by Crippen LogP contribution is 1.93. The van der Waals surface area contributed by atoms with Gasteiger partial charge in [-0.1, -0.05) is 41.6 Å². The Morgan fingerprint density at radius 1 is 1.27 bits per heavy atom. The maximum atomic E-state index is 3.59. The predicted molar refractivity (Wildman–Crippen MR) is 53.9 cm³/mol. The van der Waals surface area contributed by atoms with Gasteiger partial charge in [-0.15, -0.1) is 0 Å². The predicted octanol–water partition coefficient (Wildman–Crippen LogP) is 0.611. The first-order valence-corrected chi connectivity index (χ1v) is 9.07. The van der Waals surface area contributed by atoms with E-state index < -0.39 is 0 Å². The van der Waals surface area contributed by atoms with Crippen molar-refractivity contribution < 1.29 is 0 Å². The molecule has 0 heterocycles. The first-order chi connectivity index (χ1) is 5.24. The van der Waals surface area contributed by atoms with E-state index in [4.69, 9.17) is 0 Å². The van der Waals surface area contributed by atoms with Crippen molar-refractivity contribution in [1.29, 1.82) is 0 Å². The van der Waals surface area contributed by atoms with Gasteiger partial charge < -0.3 is 0 Å². The number of hydrogen-bond donors (Lipinski definition) is 0. The molecule has 6 radical (unpaired) electrons. The van der Waals surface area contributed by atoms with Crippen LogP contribution < -0.4 is 5.19 Å². The lowest BCUT2D eigenvalue weighted by atomic mass is 10.2. The van der Waals surface area contributed by atoms with Gasteiger partial charge in [-0.05, 0) is 6.92 Å². The Balaban J connectivity index is 2.81. The minimum atomic E-state index is -0.282. The van der Waals surface area contributed by atoms with E-state index in [2.05, 4.69) is 47.5 Å². The van der Waals surface area contributed by atoms with Crippen molar-refractivity contribution in [2.45, 2.75) is 13.5 Å². The van der Waals surface area contributed by atoms with Crippen LogP contribution in [0.15, 0.2) is 24.3 Å². The zero-order chi connectivity index (χ0) is 8.27. The molecule has 0 spiro atoms. The summed E-state index contributed by atoms with van der Waals surface area (Å²) < 4.78 is 0. The summed E-state index contributed by atoms with van der Waals surface area (Å²) in [5, 5.41) is 1.52. The third-order valence-electron chi connectivity index (χ3n) is 1.67. The Kier molecular flexibility index (Phi) is 3.29. The molecular formula is C8H10Si3. The second-order valence-electron chi connectivity index (χ2n) is 2.62. The second kappa shape index (κ2) is 4.04. The molecule has 0 N–H and O–H groups in total. The first-order valence-electron chi connectivity index (χ1n) is 3.57. The lowest BCUT2D eigenvalue weighted by Crippen LogP contribution is -2.33. The molecule has 0 saturated heterocycles. The SMILES string of the molecule is Cc1ccc([Si](C)[Si][Si])cc1. The molecule has 0 fully saturated rings. The summed E-state index contributed by atoms with van der Waals surface area (Å²) in [6, 6.07) is 8.87. The van der Waals surface area contributed by atoms with Crippen LogP contribution in [-0.2, 0) is 0 Å². The van der Waals surface area contributed by atoms with E-state index in [1.165, 1.54) is 10.8 Å². The molecule has 0 unspecified atom stereocenters. The first kappa shape index (κ1) is 8.96. The fourth-order valence-electron chi connectivity index (χ4n) is 0.876. The van der Waals surface area contributed by atoms with Crippen LogP contribution in [0.3, 0.4) is 0 Å². The van der Waals surface area contributed by atoms with Crippen molar-refractivity contribution in [1.82, 2.24) is 0 Å². The van der Waals surface area contributed by atoms with E-state index in [0.29, 0.717) is 0 Å². The Hall–Kier alpha value is -0.129. The number of benzene rings is 1. The van der Waals surface area contributed by atoms with Crippen molar-refractivity contribution in [3.8, 4) is 0 Å². The second-order valence-corrected chi connectivity index (χ2v) is 9.94. The van der Waals surface area contributed by atoms with Gasteiger partial charge in [0.25, 0.3) is 0 Å². The monoisotopic (exact) mass is 190 g/mol. The topological polar surface area (TPSA) is 0 Å². The van der Waals surface area contributed by atoms with E-state index >= 15 is 0 Å². The summed E-state index contributed by atoms with van der Waals surface area (Å²) >= 11 is 0. The summed E-state index contributed by atoms with van der Waals surface area (Å²) in [5.41, 5.74) is 1.35. The van der Waals surface area contributed by atoms with E-state index in [1.807, 2.05) is 0 Å². The Labute approximate surface area is 75.5 Å². The van der Waals surface area contributed by atoms with E-state index in [9.17, 15) is 0 Å². The van der Waals surface area contributed by atoms with Crippen LogP contribution in [-0.4, -0.2) is 26.6 Å². The molecule has 54 valence electrons. The summed E-state index contributed by atoms with van der Waals surface area (Å²) in [4.78, 5) is 0. The third kappa shape index (κ3) is 2.43. The maximum Gasteiger partial charge on any atom is 0.0643 e. The van der Waals surface area contributed by atoms with Gasteiger partial charge in [-0.2, -0.15) is 0 Å². The highest BCUT2D eigenvalue weighted by Gasteiger charge is 2.03. The van der Waals surface area contributed by atoms with Crippen LogP contribution >= 0.6 is 0 Å². The van der Waals surface area contributed by atoms with Gasteiger partial charge in [0.1, 0.15) is 0 Å². The molecular weight excluding hydrogens is 180 g/mol. The molecule has 0 aliphatic heterocycles. The maximum absolute atomic E-state index is 3.59. The van der Waals surface area contributed by atoms with Gasteiger partial charge >= 0.3 is 0 Å². The number of aryl methyl sites for hydroxylation is 1. The van der Waals surface area contributed by atoms with E-state index in [0.717, 1.165) is 8.55 Å². The number of rotatable bonds is 2. The van der Waals surface area contributed by atoms with Crippen LogP contribution in [0.5, 0.6) is 0 Å². The molecule has 1 aromatic carbocycles. The molecule has 0 atom stereocenters. The fourth-order valence-corrected chi connectivity index (χ4v) is 3.92. The zero-order valence-electron chi connectivity index (χ0n) is 6.81. The Morgan fingerprint density at radius 3 is 2.27 bits per heavy atom. The largest absolute Gasteiger partial charge is 0.0696 e. The quantitative estimate of drug-likeness (QED) is 0.600. The Morgan fingerprint density at radius 2 is 1.82 bits per heavy atom. The van der Waals surface area contributed by atoms with Crippen LogP contribution in [0, 0.1) is 6.92 Å². The van der Waals surface area contributed by atoms with Crippen LogP contribution in [0.1, 0.15) is 5.56 Å². The lowest BCUT2D eigenvalue weighted by Gasteiger charge is -2.05. The highest BCUT2D eigenvalue weighted by molar-refractivity contribution is 7.35. The number of hydrogen-bond acceptors (Lipinski definition) is 0. The van der Waals surface area contributed by atoms with Crippen molar-refractivity contribution >= 4 is 31.8 Å². The van der Waals surface area contributed by atoms with Gasteiger partial charge in [0.2, 0.25) is 0 Å². The lowest BCUT2D eigenvalue weighted by molar-refractivity contribution is 1.49. The van der Waals surface area contributed by atoms with Gasteiger partial charge in [0, 0.05) is 18.3 Å². The molecule has 0 bridgehead atoms. The van der Waals surface area contributed by atoms with Crippen LogP contribution in [0.25, 0.3) is 0 Å². The van der Waals surface area contributed by atoms with Gasteiger partial charge in [-0.25, -0.2) is 0 Å². The molecule has 0 aliphatic carbocycles. The summed E-state index contributed by atoms with van der Waals surface area (Å²) in [7, 11) is 4.22. The molecule has 0 saturated carbocycles. The average Bonchev–Trinajstić information content (AvgIpc) is 2.05. The molecule has 1 aromatic rings. The van der Waals surface area contributed by atoms with Crippen molar-refractivity contribution in [3.05, 3.63) is 29.8 Å². The summed E-state index contributed by atoms with van der Waals surface area (Å²) in [6.45, 7) is 4.46. The minimum Gasteiger partial charge on any atom is -0.0696 e. The van der Waals surface area contributed by atoms with Crippen LogP contribution in [0.4, 0.5) is 0 Å². The zero-order valence-corrected chi connectivity index (χ0v) is 9.81. The smallest absolute Gasteiger partial charge is 0.0643 e. The van der Waals surface area contributed by atoms with Gasteiger partial charge in [0.05, 0.1) is 8.31 Å². The summed E-state index contributed by atoms with van der Waals surface area (Å²) in [6.07, 6.45) is 0. The average molecular weight is 190 g/mol. The standard InChI is InChI=1S/C8H10Si3/c1-7-3-5-8(6-4-7)11(2)10-9/h3-6H,1-2H3. The highest BCUT2D eigenvalue weighted by atomic mass is 29.5. The molecule has 0 aromatic heterocycles. The molecule has 3 heteroatoms. The minimum absolute atomic E-state index is 0.282. The van der Waals surface area contributed by atoms with Gasteiger partial charge in [0.15, 0.2) is 0 Å². The normalized spacial score (nSPS) is 10.5. The molecule has 0 aliphatic rings. The molecule has 11 heavy (non-hydrogen) atoms. The molecule has 1 rings (SSSR count). The molecule has 0 nitrogen and oxygen atoms in total. The fraction of sp³-hybridized carbons (Fsp3) is 0.250. The van der Waals surface area contributed by atoms with Crippen molar-refractivity contribution in [2.24, 2.45) is 0 Å². The van der Waals surface area contributed by atoms with E-state index in [-0.39, 0.29) is 8.31 Å². The summed E-state index contributed by atoms with van der Waals surface area (Å²) in [5.74, 6) is 0. The third-order valence-corrected chi connectivity index (χ3v) is 8.61. The van der Waals surface area contributed by atoms with Crippen LogP contribution in [0.2, 0.25) is 6.55 Å². The van der Waals surface area contributed by atoms with Gasteiger partial charge in [-0.3, -0.25) is 0 Å². The molecule has 0 amide bonds. The van der Waals surface area contributed by atoms with Crippen molar-refractivity contribution in [3.63, 3.8) is 0 Å². The Bertz CT molecular complexity index is 217. The van der Waals surface area contributed by atoms with Crippen molar-refractivity contribution in [2.75, 3.05) is 0 Å². The van der Waals surface area contributed by atoms with E-state index in [1.54, 1.807) is 0 Å².